The van der Waals surface area contributed by atoms with Gasteiger partial charge in [-0.15, -0.1) is 0 Å². The Balaban J connectivity index is 1.82. The second kappa shape index (κ2) is 5.78. The van der Waals surface area contributed by atoms with Crippen molar-refractivity contribution in [1.29, 1.82) is 0 Å². The normalized spacial score (nSPS) is 13.3. The Morgan fingerprint density at radius 3 is 1.92 bits per heavy atom. The summed E-state index contributed by atoms with van der Waals surface area (Å²) in [7, 11) is 0. The van der Waals surface area contributed by atoms with Crippen LogP contribution in [0.5, 0.6) is 23.0 Å². The zero-order chi connectivity index (χ0) is 16.5. The van der Waals surface area contributed by atoms with Crippen LogP contribution in [0.4, 0.5) is 0 Å². The number of phenols is 2. The molecule has 3 aromatic carbocycles. The van der Waals surface area contributed by atoms with Gasteiger partial charge in [-0.05, 0) is 17.7 Å². The summed E-state index contributed by atoms with van der Waals surface area (Å²) in [6.07, 6.45) is 4.19. The minimum atomic E-state index is -0.00911. The van der Waals surface area contributed by atoms with Gasteiger partial charge >= 0.3 is 0 Å². The minimum absolute atomic E-state index is 0.00911. The molecule has 0 atom stereocenters. The number of fused-ring (bicyclic) bond motifs is 2. The Morgan fingerprint density at radius 1 is 0.750 bits per heavy atom. The topological polar surface area (TPSA) is 49.7 Å². The molecule has 3 nitrogen and oxygen atoms in total. The molecule has 0 amide bonds. The van der Waals surface area contributed by atoms with E-state index < -0.39 is 0 Å². The highest BCUT2D eigenvalue weighted by Crippen LogP contribution is 2.47. The fourth-order valence-corrected chi connectivity index (χ4v) is 3.00. The molecule has 3 aromatic rings. The predicted octanol–water partition coefficient (Wildman–Crippen LogP) is 5.05. The van der Waals surface area contributed by atoms with Gasteiger partial charge in [0.1, 0.15) is 23.0 Å². The van der Waals surface area contributed by atoms with Crippen LogP contribution in [0.25, 0.3) is 6.08 Å². The van der Waals surface area contributed by atoms with Gasteiger partial charge in [-0.1, -0.05) is 54.6 Å². The second-order valence-corrected chi connectivity index (χ2v) is 5.79. The molecule has 1 heterocycles. The summed E-state index contributed by atoms with van der Waals surface area (Å²) in [4.78, 5) is 0. The van der Waals surface area contributed by atoms with E-state index in [1.807, 2.05) is 42.5 Å². The monoisotopic (exact) mass is 316 g/mol. The average Bonchev–Trinajstić information content (AvgIpc) is 2.59. The van der Waals surface area contributed by atoms with Crippen LogP contribution in [0, 0.1) is 0 Å². The molecular formula is C21H16O3. The molecular weight excluding hydrogens is 300 g/mol. The largest absolute Gasteiger partial charge is 0.508 e. The van der Waals surface area contributed by atoms with E-state index in [2.05, 4.69) is 12.2 Å². The molecule has 24 heavy (non-hydrogen) atoms. The van der Waals surface area contributed by atoms with Crippen molar-refractivity contribution in [1.82, 2.24) is 0 Å². The van der Waals surface area contributed by atoms with Crippen molar-refractivity contribution < 1.29 is 14.9 Å². The first-order chi connectivity index (χ1) is 11.7. The number of phenolic OH excluding ortho intramolecular Hbond substituents is 2. The summed E-state index contributed by atoms with van der Waals surface area (Å²) >= 11 is 0. The van der Waals surface area contributed by atoms with Gasteiger partial charge in [-0.2, -0.15) is 0 Å². The number of benzene rings is 3. The summed E-state index contributed by atoms with van der Waals surface area (Å²) in [6, 6.07) is 20.4. The third-order valence-electron chi connectivity index (χ3n) is 4.17. The molecule has 2 N–H and O–H groups in total. The Morgan fingerprint density at radius 2 is 1.33 bits per heavy atom. The smallest absolute Gasteiger partial charge is 0.135 e. The van der Waals surface area contributed by atoms with Crippen LogP contribution in [0.1, 0.15) is 22.6 Å². The lowest BCUT2D eigenvalue weighted by Crippen LogP contribution is -2.08. The maximum atomic E-state index is 9.74. The first-order valence-electron chi connectivity index (χ1n) is 7.77. The molecule has 0 bridgehead atoms. The van der Waals surface area contributed by atoms with E-state index in [-0.39, 0.29) is 17.4 Å². The molecule has 0 unspecified atom stereocenters. The van der Waals surface area contributed by atoms with Gasteiger partial charge in [-0.3, -0.25) is 0 Å². The van der Waals surface area contributed by atoms with Crippen molar-refractivity contribution >= 4 is 6.08 Å². The van der Waals surface area contributed by atoms with Crippen molar-refractivity contribution in [3.63, 3.8) is 0 Å². The summed E-state index contributed by atoms with van der Waals surface area (Å²) in [5, 5.41) is 19.5. The summed E-state index contributed by atoms with van der Waals surface area (Å²) in [5.74, 6) is 1.52. The lowest BCUT2D eigenvalue weighted by Gasteiger charge is -2.26. The van der Waals surface area contributed by atoms with E-state index in [0.29, 0.717) is 11.5 Å². The van der Waals surface area contributed by atoms with E-state index in [9.17, 15) is 10.2 Å². The fourth-order valence-electron chi connectivity index (χ4n) is 3.00. The molecule has 0 radical (unpaired) electrons. The Bertz CT molecular complexity index is 862. The molecule has 1 aliphatic heterocycles. The highest BCUT2D eigenvalue weighted by molar-refractivity contribution is 5.61. The molecule has 0 fully saturated rings. The minimum Gasteiger partial charge on any atom is -0.508 e. The van der Waals surface area contributed by atoms with Crippen LogP contribution >= 0.6 is 0 Å². The summed E-state index contributed by atoms with van der Waals surface area (Å²) in [5.41, 5.74) is 3.08. The van der Waals surface area contributed by atoms with Crippen LogP contribution in [-0.2, 0) is 0 Å². The SMILES string of the molecule is Oc1ccc2c(c1)Oc1cc(O)ccc1C2/C=C/c1ccccc1. The summed E-state index contributed by atoms with van der Waals surface area (Å²) in [6.45, 7) is 0. The van der Waals surface area contributed by atoms with Crippen molar-refractivity contribution in [3.05, 3.63) is 89.5 Å². The van der Waals surface area contributed by atoms with Crippen molar-refractivity contribution in [2.24, 2.45) is 0 Å². The van der Waals surface area contributed by atoms with Crippen LogP contribution < -0.4 is 4.74 Å². The lowest BCUT2D eigenvalue weighted by molar-refractivity contribution is 0.429. The fraction of sp³-hybridized carbons (Fsp3) is 0.0476. The number of allylic oxidation sites excluding steroid dienone is 1. The average molecular weight is 316 g/mol. The Kier molecular flexibility index (Phi) is 3.47. The molecule has 0 spiro atoms. The van der Waals surface area contributed by atoms with Gasteiger partial charge in [0.2, 0.25) is 0 Å². The van der Waals surface area contributed by atoms with E-state index in [0.717, 1.165) is 16.7 Å². The molecule has 3 heteroatoms. The zero-order valence-electron chi connectivity index (χ0n) is 12.9. The molecule has 0 saturated heterocycles. The van der Waals surface area contributed by atoms with E-state index in [1.54, 1.807) is 24.3 Å². The van der Waals surface area contributed by atoms with Crippen LogP contribution in [0.2, 0.25) is 0 Å². The molecule has 0 aliphatic carbocycles. The van der Waals surface area contributed by atoms with E-state index in [1.165, 1.54) is 0 Å². The Hall–Kier alpha value is -3.20. The van der Waals surface area contributed by atoms with Crippen molar-refractivity contribution in [3.8, 4) is 23.0 Å². The molecule has 4 rings (SSSR count). The lowest BCUT2D eigenvalue weighted by atomic mass is 9.87. The van der Waals surface area contributed by atoms with Gasteiger partial charge in [0.15, 0.2) is 0 Å². The molecule has 0 saturated carbocycles. The predicted molar refractivity (Wildman–Crippen MR) is 93.6 cm³/mol. The first kappa shape index (κ1) is 14.4. The molecule has 118 valence electrons. The molecule has 1 aliphatic rings. The zero-order valence-corrected chi connectivity index (χ0v) is 12.9. The van der Waals surface area contributed by atoms with Gasteiger partial charge in [0.05, 0.1) is 0 Å². The third kappa shape index (κ3) is 2.61. The number of ether oxygens (including phenoxy) is 1. The second-order valence-electron chi connectivity index (χ2n) is 5.79. The number of aromatic hydroxyl groups is 2. The quantitative estimate of drug-likeness (QED) is 0.695. The van der Waals surface area contributed by atoms with Gasteiger partial charge < -0.3 is 14.9 Å². The third-order valence-corrected chi connectivity index (χ3v) is 4.17. The van der Waals surface area contributed by atoms with Crippen LogP contribution in [0.15, 0.2) is 72.8 Å². The standard InChI is InChI=1S/C21H16O3/c22-15-7-10-18-17(9-6-14-4-2-1-3-5-14)19-11-8-16(23)13-21(19)24-20(18)12-15/h1-13,17,22-23H/b9-6+. The van der Waals surface area contributed by atoms with E-state index >= 15 is 0 Å². The van der Waals surface area contributed by atoms with Gasteiger partial charge in [0.25, 0.3) is 0 Å². The number of rotatable bonds is 2. The molecule has 0 aromatic heterocycles. The Labute approximate surface area is 140 Å². The maximum Gasteiger partial charge on any atom is 0.135 e. The highest BCUT2D eigenvalue weighted by atomic mass is 16.5. The van der Waals surface area contributed by atoms with Crippen molar-refractivity contribution in [2.45, 2.75) is 5.92 Å². The van der Waals surface area contributed by atoms with E-state index in [4.69, 9.17) is 4.74 Å². The van der Waals surface area contributed by atoms with Crippen LogP contribution in [0.3, 0.4) is 0 Å². The highest BCUT2D eigenvalue weighted by Gasteiger charge is 2.26. The number of hydrogen-bond donors (Lipinski definition) is 2. The van der Waals surface area contributed by atoms with Gasteiger partial charge in [0, 0.05) is 29.2 Å². The first-order valence-corrected chi connectivity index (χ1v) is 7.77. The number of hydrogen-bond acceptors (Lipinski definition) is 3. The van der Waals surface area contributed by atoms with Crippen LogP contribution in [-0.4, -0.2) is 10.2 Å². The van der Waals surface area contributed by atoms with Crippen molar-refractivity contribution in [2.75, 3.05) is 0 Å². The summed E-state index contributed by atoms with van der Waals surface area (Å²) < 4.78 is 5.87. The maximum absolute atomic E-state index is 9.74. The van der Waals surface area contributed by atoms with Gasteiger partial charge in [-0.25, -0.2) is 0 Å².